The smallest absolute Gasteiger partial charge is 0.303 e. The summed E-state index contributed by atoms with van der Waals surface area (Å²) >= 11 is 0. The van der Waals surface area contributed by atoms with Crippen LogP contribution in [0.25, 0.3) is 0 Å². The molecule has 0 aliphatic heterocycles. The van der Waals surface area contributed by atoms with Crippen LogP contribution in [0.15, 0.2) is 0 Å². The van der Waals surface area contributed by atoms with Crippen LogP contribution in [0.3, 0.4) is 0 Å². The van der Waals surface area contributed by atoms with Gasteiger partial charge >= 0.3 is 23.9 Å². The summed E-state index contributed by atoms with van der Waals surface area (Å²) < 4.78 is 0. The van der Waals surface area contributed by atoms with Gasteiger partial charge in [0, 0.05) is 82.0 Å². The van der Waals surface area contributed by atoms with Gasteiger partial charge in [0.05, 0.1) is 24.2 Å². The van der Waals surface area contributed by atoms with Gasteiger partial charge < -0.3 is 59.3 Å². The van der Waals surface area contributed by atoms with Crippen molar-refractivity contribution in [2.75, 3.05) is 0 Å². The normalized spacial score (nSPS) is 14.2. The Hall–Kier alpha value is -6.66. The van der Waals surface area contributed by atoms with E-state index >= 15 is 0 Å². The first kappa shape index (κ1) is 57.3. The summed E-state index contributed by atoms with van der Waals surface area (Å²) in [4.78, 5) is 173. The maximum Gasteiger partial charge on any atom is 0.303 e. The predicted octanol–water partition coefficient (Wildman–Crippen LogP) is -2.66. The molecule has 0 aliphatic rings. The third-order valence-corrected chi connectivity index (χ3v) is 9.91. The minimum Gasteiger partial charge on any atom is -0.481 e. The lowest BCUT2D eigenvalue weighted by molar-refractivity contribution is -0.139. The van der Waals surface area contributed by atoms with Crippen LogP contribution in [0.2, 0.25) is 0 Å². The summed E-state index contributed by atoms with van der Waals surface area (Å²) in [7, 11) is 0. The topological polar surface area (TPSA) is 460 Å². The molecule has 0 aromatic rings. The molecular formula is C39H59N7O18. The average molecular weight is 914 g/mol. The number of aliphatic carboxylic acids is 4. The van der Waals surface area contributed by atoms with Gasteiger partial charge in [0.25, 0.3) is 0 Å². The van der Waals surface area contributed by atoms with Crippen molar-refractivity contribution in [3.63, 3.8) is 0 Å². The third-order valence-electron chi connectivity index (χ3n) is 9.91. The lowest BCUT2D eigenvalue weighted by atomic mass is 9.88. The van der Waals surface area contributed by atoms with Gasteiger partial charge in [0.15, 0.2) is 17.3 Å². The quantitative estimate of drug-likeness (QED) is 0.0303. The van der Waals surface area contributed by atoms with Crippen LogP contribution >= 0.6 is 0 Å². The summed E-state index contributed by atoms with van der Waals surface area (Å²) in [5.74, 6) is -18.9. The number of primary amides is 3. The molecule has 0 aliphatic carbocycles. The third kappa shape index (κ3) is 25.3. The molecule has 0 radical (unpaired) electrons. The first-order valence-corrected chi connectivity index (χ1v) is 20.2. The molecule has 6 amide bonds. The van der Waals surface area contributed by atoms with Gasteiger partial charge in [-0.2, -0.15) is 0 Å². The minimum atomic E-state index is -1.69. The maximum absolute atomic E-state index is 13.8. The number of ketones is 4. The number of carbonyl (C=O) groups is 14. The van der Waals surface area contributed by atoms with Crippen LogP contribution in [0, 0.1) is 17.8 Å². The molecule has 0 saturated carbocycles. The summed E-state index contributed by atoms with van der Waals surface area (Å²) in [6.45, 7) is 1.08. The molecule has 0 fully saturated rings. The predicted molar refractivity (Wildman–Crippen MR) is 217 cm³/mol. The second-order valence-corrected chi connectivity index (χ2v) is 15.2. The van der Waals surface area contributed by atoms with Crippen LogP contribution in [-0.2, 0) is 67.1 Å². The zero-order valence-corrected chi connectivity index (χ0v) is 35.4. The Labute approximate surface area is 366 Å². The average Bonchev–Trinajstić information content (AvgIpc) is 3.18. The van der Waals surface area contributed by atoms with Gasteiger partial charge in [-0.15, -0.1) is 0 Å². The molecular weight excluding hydrogens is 854 g/mol. The first-order chi connectivity index (χ1) is 29.7. The molecule has 0 unspecified atom stereocenters. The highest BCUT2D eigenvalue weighted by atomic mass is 16.4. The number of nitrogens with one attached hydrogen (secondary N) is 3. The molecule has 15 N–H and O–H groups in total. The van der Waals surface area contributed by atoms with E-state index in [1.807, 2.05) is 0 Å². The van der Waals surface area contributed by atoms with Crippen molar-refractivity contribution in [1.29, 1.82) is 0 Å². The Morgan fingerprint density at radius 2 is 0.656 bits per heavy atom. The van der Waals surface area contributed by atoms with Crippen LogP contribution in [0.1, 0.15) is 116 Å². The van der Waals surface area contributed by atoms with Gasteiger partial charge in [0.2, 0.25) is 35.4 Å². The van der Waals surface area contributed by atoms with Gasteiger partial charge in [-0.05, 0) is 51.9 Å². The molecule has 0 heterocycles. The fourth-order valence-electron chi connectivity index (χ4n) is 6.21. The van der Waals surface area contributed by atoms with E-state index < -0.39 is 208 Å². The van der Waals surface area contributed by atoms with Crippen molar-refractivity contribution >= 4 is 82.5 Å². The molecule has 25 nitrogen and oxygen atoms in total. The fraction of sp³-hybridized carbons (Fsp3) is 0.641. The van der Waals surface area contributed by atoms with Gasteiger partial charge in [-0.1, -0.05) is 0 Å². The van der Waals surface area contributed by atoms with Crippen LogP contribution in [0.5, 0.6) is 0 Å². The Morgan fingerprint density at radius 3 is 0.938 bits per heavy atom. The van der Waals surface area contributed by atoms with Crippen molar-refractivity contribution in [2.24, 2.45) is 40.7 Å². The van der Waals surface area contributed by atoms with E-state index in [1.54, 1.807) is 0 Å². The zero-order valence-electron chi connectivity index (χ0n) is 35.4. The molecule has 0 aromatic heterocycles. The van der Waals surface area contributed by atoms with Crippen molar-refractivity contribution in [1.82, 2.24) is 16.0 Å². The van der Waals surface area contributed by atoms with Crippen molar-refractivity contribution in [2.45, 2.75) is 140 Å². The number of amides is 6. The number of nitrogens with two attached hydrogens (primary N) is 4. The molecule has 0 spiro atoms. The van der Waals surface area contributed by atoms with Crippen LogP contribution in [-0.4, -0.2) is 127 Å². The summed E-state index contributed by atoms with van der Waals surface area (Å²) in [5, 5.41) is 43.7. The molecule has 25 heteroatoms. The molecule has 0 rings (SSSR count). The number of carbonyl (C=O) groups excluding carboxylic acids is 10. The monoisotopic (exact) mass is 913 g/mol. The lowest BCUT2D eigenvalue weighted by Gasteiger charge is -2.26. The molecule has 0 bridgehead atoms. The van der Waals surface area contributed by atoms with Gasteiger partial charge in [-0.3, -0.25) is 67.1 Å². The molecule has 7 atom stereocenters. The largest absolute Gasteiger partial charge is 0.481 e. The van der Waals surface area contributed by atoms with Crippen molar-refractivity contribution < 1.29 is 87.5 Å². The number of carboxylic acid groups (broad SMARTS) is 4. The van der Waals surface area contributed by atoms with E-state index in [0.29, 0.717) is 0 Å². The minimum absolute atomic E-state index is 0.293. The van der Waals surface area contributed by atoms with Crippen LogP contribution in [0.4, 0.5) is 0 Å². The Morgan fingerprint density at radius 1 is 0.391 bits per heavy atom. The van der Waals surface area contributed by atoms with Crippen molar-refractivity contribution in [3.05, 3.63) is 0 Å². The number of hydrogen-bond acceptors (Lipinski definition) is 15. The standard InChI is InChI=1S/C39H59N7O18/c1-19(47)24(6-13-34(56)57)44-37(62)21(3-10-31(42)52)17-28(49)26(8-15-36(60)61)46-39(64)22(4-11-32(43)53)18-29(50)25(7-14-35(58)59)45-38(63)20(2-9-30(41)51)16-27(48)23(40)5-12-33(54)55/h20-26H,2-18,40H2,1H3,(H2,41,51)(H2,42,52)(H2,43,53)(H,44,62)(H,45,63)(H,46,64)(H,54,55)(H,56,57)(H,58,59)(H,60,61)/t20-,21-,22-,23+,24+,25+,26+/m1/s1. The van der Waals surface area contributed by atoms with E-state index in [4.69, 9.17) is 33.1 Å². The SMILES string of the molecule is CC(=O)[C@H](CCC(=O)O)NC(=O)[C@H](CCC(N)=O)CC(=O)[C@H](CCC(=O)O)NC(=O)[C@H](CCC(N)=O)CC(=O)[C@H](CCC(=O)O)NC(=O)[C@H](CCC(N)=O)CC(=O)[C@@H](N)CCC(=O)O. The number of hydrogen-bond donors (Lipinski definition) is 11. The van der Waals surface area contributed by atoms with Crippen molar-refractivity contribution in [3.8, 4) is 0 Å². The molecule has 358 valence electrons. The maximum atomic E-state index is 13.8. The van der Waals surface area contributed by atoms with E-state index in [9.17, 15) is 77.3 Å². The zero-order chi connectivity index (χ0) is 49.3. The number of Topliss-reactive ketones (excluding diaryl/α,β-unsaturated/α-hetero) is 4. The summed E-state index contributed by atoms with van der Waals surface area (Å²) in [5.41, 5.74) is 21.5. The Balaban J connectivity index is 6.68. The molecule has 0 aromatic carbocycles. The first-order valence-electron chi connectivity index (χ1n) is 20.2. The summed E-state index contributed by atoms with van der Waals surface area (Å²) in [6, 6.07) is -6.00. The lowest BCUT2D eigenvalue weighted by Crippen LogP contribution is -2.48. The molecule has 64 heavy (non-hydrogen) atoms. The van der Waals surface area contributed by atoms with E-state index in [1.165, 1.54) is 0 Å². The summed E-state index contributed by atoms with van der Waals surface area (Å²) in [6.07, 6.45) is -9.07. The fourth-order valence-corrected chi connectivity index (χ4v) is 6.21. The molecule has 0 saturated heterocycles. The second-order valence-electron chi connectivity index (χ2n) is 15.2. The number of carboxylic acids is 4. The van der Waals surface area contributed by atoms with Crippen LogP contribution < -0.4 is 38.9 Å². The van der Waals surface area contributed by atoms with Gasteiger partial charge in [-0.25, -0.2) is 0 Å². The van der Waals surface area contributed by atoms with E-state index in [0.717, 1.165) is 6.92 Å². The second kappa shape index (κ2) is 29.6. The van der Waals surface area contributed by atoms with E-state index in [-0.39, 0.29) is 25.7 Å². The van der Waals surface area contributed by atoms with E-state index in [2.05, 4.69) is 16.0 Å². The highest BCUT2D eigenvalue weighted by Crippen LogP contribution is 2.21. The van der Waals surface area contributed by atoms with Gasteiger partial charge in [0.1, 0.15) is 5.78 Å². The Bertz CT molecular complexity index is 1770. The number of rotatable bonds is 37. The Kier molecular flexibility index (Phi) is 26.5. The highest BCUT2D eigenvalue weighted by Gasteiger charge is 2.35. The highest BCUT2D eigenvalue weighted by molar-refractivity contribution is 5.97.